The second-order valence-corrected chi connectivity index (χ2v) is 6.38. The first-order chi connectivity index (χ1) is 11.8. The molecule has 25 heavy (non-hydrogen) atoms. The van der Waals surface area contributed by atoms with Crippen LogP contribution in [-0.4, -0.2) is 15.9 Å². The Morgan fingerprint density at radius 2 is 1.92 bits per heavy atom. The molecular weight excluding hydrogens is 389 g/mol. The molecule has 0 amide bonds. The van der Waals surface area contributed by atoms with E-state index in [1.807, 2.05) is 0 Å². The molecule has 2 aromatic carbocycles. The third kappa shape index (κ3) is 3.71. The molecule has 6 nitrogen and oxygen atoms in total. The minimum Gasteiger partial charge on any atom is -0.454 e. The molecule has 0 spiro atoms. The van der Waals surface area contributed by atoms with Gasteiger partial charge in [0.25, 0.3) is 5.56 Å². The molecule has 0 aliphatic carbocycles. The highest BCUT2D eigenvalue weighted by Crippen LogP contribution is 2.28. The number of hydrogen-bond donors (Lipinski definition) is 2. The summed E-state index contributed by atoms with van der Waals surface area (Å²) in [6.07, 6.45) is 0. The number of halogens is 3. The molecule has 1 aromatic heterocycles. The van der Waals surface area contributed by atoms with Gasteiger partial charge in [-0.1, -0.05) is 34.8 Å². The molecule has 9 heteroatoms. The van der Waals surface area contributed by atoms with E-state index in [9.17, 15) is 9.59 Å². The number of aromatic amines is 1. The number of esters is 1. The van der Waals surface area contributed by atoms with Crippen molar-refractivity contribution in [1.82, 2.24) is 9.97 Å². The molecular formula is C16H10Cl3N3O3. The lowest BCUT2D eigenvalue weighted by molar-refractivity contribution is 0.0463. The minimum absolute atomic E-state index is 0.0312. The van der Waals surface area contributed by atoms with Gasteiger partial charge in [0, 0.05) is 10.0 Å². The number of fused-ring (bicyclic) bond motifs is 1. The first-order valence-corrected chi connectivity index (χ1v) is 8.08. The monoisotopic (exact) mass is 397 g/mol. The van der Waals surface area contributed by atoms with Crippen LogP contribution in [0.15, 0.2) is 35.1 Å². The number of H-pyrrole nitrogens is 1. The van der Waals surface area contributed by atoms with Crippen LogP contribution in [0.2, 0.25) is 15.1 Å². The number of carbonyl (C=O) groups is 1. The third-order valence-corrected chi connectivity index (χ3v) is 4.14. The van der Waals surface area contributed by atoms with E-state index in [-0.39, 0.29) is 39.3 Å². The van der Waals surface area contributed by atoms with E-state index in [4.69, 9.17) is 45.3 Å². The Morgan fingerprint density at radius 3 is 2.68 bits per heavy atom. The van der Waals surface area contributed by atoms with E-state index in [1.54, 1.807) is 18.2 Å². The molecule has 0 fully saturated rings. The number of nitrogens with two attached hydrogens (primary N) is 1. The summed E-state index contributed by atoms with van der Waals surface area (Å²) in [6.45, 7) is -0.264. The second kappa shape index (κ2) is 6.92. The summed E-state index contributed by atoms with van der Waals surface area (Å²) < 4.78 is 5.14. The summed E-state index contributed by atoms with van der Waals surface area (Å²) in [5.74, 6) is -0.574. The van der Waals surface area contributed by atoms with Gasteiger partial charge in [-0.2, -0.15) is 0 Å². The summed E-state index contributed by atoms with van der Waals surface area (Å²) >= 11 is 17.7. The summed E-state index contributed by atoms with van der Waals surface area (Å²) in [5.41, 5.74) is 5.88. The quantitative estimate of drug-likeness (QED) is 0.516. The fraction of sp³-hybridized carbons (Fsp3) is 0.0625. The predicted molar refractivity (Wildman–Crippen MR) is 97.4 cm³/mol. The largest absolute Gasteiger partial charge is 0.454 e. The maximum atomic E-state index is 12.2. The van der Waals surface area contributed by atoms with Gasteiger partial charge in [-0.3, -0.25) is 4.79 Å². The number of benzene rings is 2. The Hall–Kier alpha value is -2.28. The molecule has 0 aliphatic heterocycles. The van der Waals surface area contributed by atoms with Crippen LogP contribution in [0.3, 0.4) is 0 Å². The summed E-state index contributed by atoms with van der Waals surface area (Å²) in [6, 6.07) is 7.47. The zero-order chi connectivity index (χ0) is 18.1. The Morgan fingerprint density at radius 1 is 1.16 bits per heavy atom. The standard InChI is InChI=1S/C16H10Cl3N3O3/c17-7-1-2-9-12(5-7)21-13(22-15(9)23)6-25-16(24)10-3-8(18)4-11(19)14(10)20/h1-5H,6,20H2,(H,21,22,23). The van der Waals surface area contributed by atoms with Crippen molar-refractivity contribution in [3.63, 3.8) is 0 Å². The molecule has 1 heterocycles. The SMILES string of the molecule is Nc1c(Cl)cc(Cl)cc1C(=O)OCc1nc2cc(Cl)ccc2c(=O)[nH]1. The van der Waals surface area contributed by atoms with Gasteiger partial charge in [-0.25, -0.2) is 9.78 Å². The molecule has 0 atom stereocenters. The van der Waals surface area contributed by atoms with Crippen molar-refractivity contribution in [3.05, 3.63) is 67.1 Å². The minimum atomic E-state index is -0.740. The predicted octanol–water partition coefficient (Wildman–Crippen LogP) is 3.82. The lowest BCUT2D eigenvalue weighted by atomic mass is 10.2. The number of rotatable bonds is 3. The first-order valence-electron chi connectivity index (χ1n) is 6.95. The Bertz CT molecular complexity index is 1050. The fourth-order valence-corrected chi connectivity index (χ4v) is 2.85. The zero-order valence-electron chi connectivity index (χ0n) is 12.5. The summed E-state index contributed by atoms with van der Waals surface area (Å²) in [4.78, 5) is 31.0. The molecule has 3 N–H and O–H groups in total. The highest BCUT2D eigenvalue weighted by atomic mass is 35.5. The number of anilines is 1. The van der Waals surface area contributed by atoms with Crippen LogP contribution >= 0.6 is 34.8 Å². The Kier molecular flexibility index (Phi) is 4.85. The van der Waals surface area contributed by atoms with Crippen LogP contribution in [0.4, 0.5) is 5.69 Å². The highest BCUT2D eigenvalue weighted by molar-refractivity contribution is 6.37. The smallest absolute Gasteiger partial charge is 0.340 e. The van der Waals surface area contributed by atoms with Crippen LogP contribution in [0, 0.1) is 0 Å². The second-order valence-electron chi connectivity index (χ2n) is 5.10. The van der Waals surface area contributed by atoms with Gasteiger partial charge in [-0.15, -0.1) is 0 Å². The number of carbonyl (C=O) groups excluding carboxylic acids is 1. The number of aromatic nitrogens is 2. The molecule has 0 aliphatic rings. The van der Waals surface area contributed by atoms with E-state index in [0.29, 0.717) is 15.9 Å². The Labute approximate surface area is 156 Å². The normalized spacial score (nSPS) is 10.8. The molecule has 0 saturated heterocycles. The lowest BCUT2D eigenvalue weighted by Crippen LogP contribution is -2.15. The van der Waals surface area contributed by atoms with Gasteiger partial charge >= 0.3 is 5.97 Å². The van der Waals surface area contributed by atoms with Crippen molar-refractivity contribution in [3.8, 4) is 0 Å². The van der Waals surface area contributed by atoms with E-state index in [2.05, 4.69) is 9.97 Å². The van der Waals surface area contributed by atoms with Gasteiger partial charge in [-0.05, 0) is 30.3 Å². The van der Waals surface area contributed by atoms with Crippen molar-refractivity contribution >= 4 is 57.4 Å². The first kappa shape index (κ1) is 17.5. The van der Waals surface area contributed by atoms with Gasteiger partial charge in [0.15, 0.2) is 0 Å². The highest BCUT2D eigenvalue weighted by Gasteiger charge is 2.16. The van der Waals surface area contributed by atoms with Gasteiger partial charge in [0.2, 0.25) is 0 Å². The van der Waals surface area contributed by atoms with Crippen LogP contribution in [0.1, 0.15) is 16.2 Å². The van der Waals surface area contributed by atoms with Gasteiger partial charge in [0.1, 0.15) is 12.4 Å². The van der Waals surface area contributed by atoms with Gasteiger partial charge < -0.3 is 15.5 Å². The van der Waals surface area contributed by atoms with Crippen LogP contribution in [0.25, 0.3) is 10.9 Å². The van der Waals surface area contributed by atoms with Crippen molar-refractivity contribution in [2.45, 2.75) is 6.61 Å². The number of ether oxygens (including phenoxy) is 1. The van der Waals surface area contributed by atoms with Crippen LogP contribution in [-0.2, 0) is 11.3 Å². The lowest BCUT2D eigenvalue weighted by Gasteiger charge is -2.09. The van der Waals surface area contributed by atoms with E-state index < -0.39 is 5.97 Å². The van der Waals surface area contributed by atoms with Crippen molar-refractivity contribution in [2.75, 3.05) is 5.73 Å². The molecule has 0 saturated carbocycles. The van der Waals surface area contributed by atoms with E-state index in [1.165, 1.54) is 12.1 Å². The molecule has 0 bridgehead atoms. The Balaban J connectivity index is 1.85. The number of nitrogen functional groups attached to an aromatic ring is 1. The molecule has 128 valence electrons. The van der Waals surface area contributed by atoms with E-state index in [0.717, 1.165) is 0 Å². The fourth-order valence-electron chi connectivity index (χ4n) is 2.19. The van der Waals surface area contributed by atoms with Crippen molar-refractivity contribution in [1.29, 1.82) is 0 Å². The summed E-state index contributed by atoms with van der Waals surface area (Å²) in [5, 5.41) is 1.21. The van der Waals surface area contributed by atoms with Crippen molar-refractivity contribution < 1.29 is 9.53 Å². The molecule has 0 unspecified atom stereocenters. The molecule has 0 radical (unpaired) electrons. The molecule has 3 rings (SSSR count). The van der Waals surface area contributed by atoms with Crippen LogP contribution in [0.5, 0.6) is 0 Å². The topological polar surface area (TPSA) is 98.1 Å². The summed E-state index contributed by atoms with van der Waals surface area (Å²) in [7, 11) is 0. The zero-order valence-corrected chi connectivity index (χ0v) is 14.7. The molecule has 3 aromatic rings. The maximum absolute atomic E-state index is 12.2. The van der Waals surface area contributed by atoms with Crippen molar-refractivity contribution in [2.24, 2.45) is 0 Å². The number of nitrogens with one attached hydrogen (secondary N) is 1. The maximum Gasteiger partial charge on any atom is 0.340 e. The average molecular weight is 399 g/mol. The third-order valence-electron chi connectivity index (χ3n) is 3.37. The average Bonchev–Trinajstić information content (AvgIpc) is 2.55. The van der Waals surface area contributed by atoms with Crippen LogP contribution < -0.4 is 11.3 Å². The van der Waals surface area contributed by atoms with E-state index >= 15 is 0 Å². The number of hydrogen-bond acceptors (Lipinski definition) is 5. The van der Waals surface area contributed by atoms with Gasteiger partial charge in [0.05, 0.1) is 27.2 Å². The number of nitrogens with zero attached hydrogens (tertiary/aromatic N) is 1.